The second kappa shape index (κ2) is 9.15. The first-order valence-electron chi connectivity index (χ1n) is 12.6. The third kappa shape index (κ3) is 4.33. The molecular weight excluding hydrogens is 446 g/mol. The normalized spacial score (nSPS) is 19.4. The number of anilines is 1. The Morgan fingerprint density at radius 2 is 1.75 bits per heavy atom. The predicted molar refractivity (Wildman–Crippen MR) is 143 cm³/mol. The first-order chi connectivity index (χ1) is 17.6. The number of aromatic amines is 1. The second-order valence-electron chi connectivity index (χ2n) is 9.97. The number of nitrogens with one attached hydrogen (secondary N) is 1. The van der Waals surface area contributed by atoms with Crippen LogP contribution in [0, 0.1) is 0 Å². The van der Waals surface area contributed by atoms with Gasteiger partial charge < -0.3 is 10.0 Å². The number of rotatable bonds is 6. The number of hydrogen-bond acceptors (Lipinski definition) is 3. The number of carboxylic acids is 1. The lowest BCUT2D eigenvalue weighted by molar-refractivity contribution is -0.131. The molecule has 0 bridgehead atoms. The molecule has 0 spiro atoms. The van der Waals surface area contributed by atoms with E-state index >= 15 is 0 Å². The van der Waals surface area contributed by atoms with Gasteiger partial charge in [-0.2, -0.15) is 5.10 Å². The van der Waals surface area contributed by atoms with Crippen LogP contribution in [0.2, 0.25) is 0 Å². The summed E-state index contributed by atoms with van der Waals surface area (Å²) < 4.78 is 0. The molecule has 6 rings (SSSR count). The van der Waals surface area contributed by atoms with Gasteiger partial charge >= 0.3 is 5.97 Å². The minimum Gasteiger partial charge on any atom is -0.478 e. The average Bonchev–Trinajstić information content (AvgIpc) is 3.60. The molecule has 4 aromatic rings. The van der Waals surface area contributed by atoms with Gasteiger partial charge in [0, 0.05) is 29.6 Å². The van der Waals surface area contributed by atoms with Crippen LogP contribution < -0.4 is 4.90 Å². The van der Waals surface area contributed by atoms with Gasteiger partial charge in [-0.1, -0.05) is 54.6 Å². The van der Waals surface area contributed by atoms with Crippen LogP contribution in [0.4, 0.5) is 5.69 Å². The van der Waals surface area contributed by atoms with Crippen molar-refractivity contribution in [3.63, 3.8) is 0 Å². The van der Waals surface area contributed by atoms with Gasteiger partial charge in [0.15, 0.2) is 0 Å². The van der Waals surface area contributed by atoms with Gasteiger partial charge in [0.1, 0.15) is 0 Å². The Labute approximate surface area is 211 Å². The number of carboxylic acid groups (broad SMARTS) is 1. The zero-order valence-corrected chi connectivity index (χ0v) is 20.3. The van der Waals surface area contributed by atoms with E-state index in [9.17, 15) is 4.79 Å². The molecule has 0 saturated heterocycles. The van der Waals surface area contributed by atoms with Gasteiger partial charge in [-0.25, -0.2) is 4.79 Å². The van der Waals surface area contributed by atoms with E-state index in [4.69, 9.17) is 5.11 Å². The van der Waals surface area contributed by atoms with E-state index in [0.717, 1.165) is 23.5 Å². The molecule has 2 unspecified atom stereocenters. The van der Waals surface area contributed by atoms with Gasteiger partial charge in [-0.05, 0) is 83.7 Å². The first-order valence-corrected chi connectivity index (χ1v) is 12.6. The Bertz CT molecular complexity index is 1400. The van der Waals surface area contributed by atoms with Crippen molar-refractivity contribution in [2.24, 2.45) is 0 Å². The largest absolute Gasteiger partial charge is 0.478 e. The van der Waals surface area contributed by atoms with Gasteiger partial charge in [0.05, 0.1) is 12.2 Å². The predicted octanol–water partition coefficient (Wildman–Crippen LogP) is 6.59. The lowest BCUT2D eigenvalue weighted by Crippen LogP contribution is -2.42. The maximum atomic E-state index is 10.9. The highest BCUT2D eigenvalue weighted by atomic mass is 16.4. The van der Waals surface area contributed by atoms with Gasteiger partial charge in [0.2, 0.25) is 0 Å². The zero-order chi connectivity index (χ0) is 24.6. The smallest absolute Gasteiger partial charge is 0.328 e. The van der Waals surface area contributed by atoms with Crippen molar-refractivity contribution in [1.29, 1.82) is 0 Å². The molecule has 3 aromatic carbocycles. The molecule has 0 amide bonds. The van der Waals surface area contributed by atoms with E-state index in [-0.39, 0.29) is 6.04 Å². The van der Waals surface area contributed by atoms with Crippen LogP contribution in [-0.4, -0.2) is 27.3 Å². The first kappa shape index (κ1) is 22.4. The number of H-pyrrole nitrogens is 1. The fraction of sp³-hybridized carbons (Fsp3) is 0.226. The van der Waals surface area contributed by atoms with E-state index in [0.29, 0.717) is 6.04 Å². The van der Waals surface area contributed by atoms with Crippen molar-refractivity contribution < 1.29 is 9.90 Å². The van der Waals surface area contributed by atoms with Crippen LogP contribution in [0.5, 0.6) is 0 Å². The van der Waals surface area contributed by atoms with Gasteiger partial charge in [-0.3, -0.25) is 5.10 Å². The third-order valence-electron chi connectivity index (χ3n) is 7.45. The van der Waals surface area contributed by atoms with E-state index in [2.05, 4.69) is 76.6 Å². The highest BCUT2D eigenvalue weighted by Crippen LogP contribution is 2.44. The molecule has 36 heavy (non-hydrogen) atoms. The lowest BCUT2D eigenvalue weighted by atomic mass is 9.83. The summed E-state index contributed by atoms with van der Waals surface area (Å²) in [6.45, 7) is 2.30. The molecule has 2 N–H and O–H groups in total. The number of carbonyl (C=O) groups is 1. The molecule has 1 aromatic heterocycles. The minimum atomic E-state index is -0.941. The van der Waals surface area contributed by atoms with Crippen molar-refractivity contribution in [2.45, 2.75) is 44.2 Å². The molecular formula is C31H29N3O2. The summed E-state index contributed by atoms with van der Waals surface area (Å²) in [7, 11) is 0. The molecule has 2 atom stereocenters. The van der Waals surface area contributed by atoms with Crippen molar-refractivity contribution in [3.8, 4) is 11.1 Å². The highest BCUT2D eigenvalue weighted by Gasteiger charge is 2.34. The molecule has 1 saturated carbocycles. The Hall–Kier alpha value is -4.12. The Balaban J connectivity index is 1.42. The monoisotopic (exact) mass is 475 g/mol. The van der Waals surface area contributed by atoms with Crippen LogP contribution in [0.3, 0.4) is 0 Å². The third-order valence-corrected chi connectivity index (χ3v) is 7.45. The number of hydrogen-bond donors (Lipinski definition) is 2. The fourth-order valence-corrected chi connectivity index (χ4v) is 5.49. The summed E-state index contributed by atoms with van der Waals surface area (Å²) in [5, 5.41) is 16.0. The number of nitrogens with zero attached hydrogens (tertiary/aromatic N) is 2. The number of benzene rings is 3. The number of aliphatic carboxylic acids is 1. The summed E-state index contributed by atoms with van der Waals surface area (Å²) in [5.74, 6) is -0.203. The SMILES string of the molecule is CC1Cc2cc(-c3cn[nH]c3)ccc2C(c2ccc(/C=C/C(=O)O)cc2)N1c1ccc(C2CC2)cc1. The van der Waals surface area contributed by atoms with E-state index in [1.807, 2.05) is 24.5 Å². The summed E-state index contributed by atoms with van der Waals surface area (Å²) in [6.07, 6.45) is 10.2. The number of aromatic nitrogens is 2. The quantitative estimate of drug-likeness (QED) is 0.309. The Kier molecular flexibility index (Phi) is 5.68. The van der Waals surface area contributed by atoms with Crippen LogP contribution in [0.15, 0.2) is 85.2 Å². The summed E-state index contributed by atoms with van der Waals surface area (Å²) in [6, 6.07) is 24.5. The van der Waals surface area contributed by atoms with E-state index in [1.165, 1.54) is 52.4 Å². The topological polar surface area (TPSA) is 69.2 Å². The fourth-order valence-electron chi connectivity index (χ4n) is 5.49. The lowest BCUT2D eigenvalue weighted by Gasteiger charge is -2.44. The van der Waals surface area contributed by atoms with Gasteiger partial charge in [-0.15, -0.1) is 0 Å². The molecule has 5 heteroatoms. The van der Waals surface area contributed by atoms with E-state index in [1.54, 1.807) is 6.08 Å². The van der Waals surface area contributed by atoms with Crippen molar-refractivity contribution in [2.75, 3.05) is 4.90 Å². The van der Waals surface area contributed by atoms with Crippen molar-refractivity contribution in [1.82, 2.24) is 10.2 Å². The molecule has 180 valence electrons. The molecule has 2 heterocycles. The molecule has 5 nitrogen and oxygen atoms in total. The van der Waals surface area contributed by atoms with Gasteiger partial charge in [0.25, 0.3) is 0 Å². The summed E-state index contributed by atoms with van der Waals surface area (Å²) in [4.78, 5) is 13.5. The van der Waals surface area contributed by atoms with Crippen LogP contribution >= 0.6 is 0 Å². The van der Waals surface area contributed by atoms with Crippen LogP contribution in [0.25, 0.3) is 17.2 Å². The molecule has 1 aliphatic heterocycles. The highest BCUT2D eigenvalue weighted by molar-refractivity contribution is 5.85. The molecule has 1 aliphatic carbocycles. The summed E-state index contributed by atoms with van der Waals surface area (Å²) >= 11 is 0. The van der Waals surface area contributed by atoms with Crippen molar-refractivity contribution >= 4 is 17.7 Å². The molecule has 2 aliphatic rings. The maximum Gasteiger partial charge on any atom is 0.328 e. The standard InChI is InChI=1S/C31H29N3O2/c1-20-16-26-17-25(27-18-32-33-19-27)11-14-29(26)31(24-5-2-21(3-6-24)4-15-30(35)36)34(20)28-12-9-23(10-13-28)22-7-8-22/h2-6,9-15,17-20,22,31H,7-8,16H2,1H3,(H,32,33)(H,35,36)/b15-4+. The summed E-state index contributed by atoms with van der Waals surface area (Å²) in [5.41, 5.74) is 9.67. The molecule has 1 fully saturated rings. The van der Waals surface area contributed by atoms with Crippen molar-refractivity contribution in [3.05, 3.63) is 113 Å². The zero-order valence-electron chi connectivity index (χ0n) is 20.3. The Morgan fingerprint density at radius 3 is 2.42 bits per heavy atom. The van der Waals surface area contributed by atoms with Crippen LogP contribution in [-0.2, 0) is 11.2 Å². The van der Waals surface area contributed by atoms with E-state index < -0.39 is 5.97 Å². The van der Waals surface area contributed by atoms with Crippen LogP contribution in [0.1, 0.15) is 59.5 Å². The second-order valence-corrected chi connectivity index (χ2v) is 9.97. The molecule has 0 radical (unpaired) electrons. The Morgan fingerprint density at radius 1 is 1.00 bits per heavy atom. The maximum absolute atomic E-state index is 10.9. The average molecular weight is 476 g/mol. The minimum absolute atomic E-state index is 0.0615. The number of fused-ring (bicyclic) bond motifs is 1.